The van der Waals surface area contributed by atoms with Gasteiger partial charge >= 0.3 is 6.09 Å². The van der Waals surface area contributed by atoms with E-state index in [1.54, 1.807) is 29.4 Å². The highest BCUT2D eigenvalue weighted by Gasteiger charge is 2.36. The second kappa shape index (κ2) is 7.81. The number of aromatic nitrogens is 1. The SMILES string of the molecule is CC(C)(C)OC(=O)N1CCN2C(NCC(=O)Nc3cccnc3)=NCC2C1. The van der Waals surface area contributed by atoms with Gasteiger partial charge in [0.1, 0.15) is 5.60 Å². The lowest BCUT2D eigenvalue weighted by Crippen LogP contribution is -2.58. The van der Waals surface area contributed by atoms with E-state index < -0.39 is 5.60 Å². The van der Waals surface area contributed by atoms with E-state index in [1.165, 1.54) is 0 Å². The molecule has 0 spiro atoms. The van der Waals surface area contributed by atoms with E-state index in [4.69, 9.17) is 4.74 Å². The number of carbonyl (C=O) groups excluding carboxylic acids is 2. The van der Waals surface area contributed by atoms with E-state index >= 15 is 0 Å². The number of pyridine rings is 1. The average Bonchev–Trinajstić information content (AvgIpc) is 3.01. The molecule has 0 bridgehead atoms. The molecule has 1 aromatic rings. The molecule has 9 nitrogen and oxygen atoms in total. The molecule has 1 saturated heterocycles. The van der Waals surface area contributed by atoms with Crippen LogP contribution in [0.3, 0.4) is 0 Å². The minimum atomic E-state index is -0.505. The predicted molar refractivity (Wildman–Crippen MR) is 101 cm³/mol. The van der Waals surface area contributed by atoms with Gasteiger partial charge < -0.3 is 25.2 Å². The first-order valence-corrected chi connectivity index (χ1v) is 9.04. The first kappa shape index (κ1) is 18.9. The molecule has 1 fully saturated rings. The molecular weight excluding hydrogens is 348 g/mol. The Morgan fingerprint density at radius 3 is 2.85 bits per heavy atom. The second-order valence-corrected chi connectivity index (χ2v) is 7.58. The maximum atomic E-state index is 12.2. The molecular formula is C18H26N6O3. The van der Waals surface area contributed by atoms with Crippen molar-refractivity contribution < 1.29 is 14.3 Å². The van der Waals surface area contributed by atoms with Gasteiger partial charge in [0.15, 0.2) is 5.96 Å². The van der Waals surface area contributed by atoms with Crippen LogP contribution in [0.25, 0.3) is 0 Å². The Hall–Kier alpha value is -2.84. The summed E-state index contributed by atoms with van der Waals surface area (Å²) in [5.74, 6) is 0.534. The molecule has 146 valence electrons. The highest BCUT2D eigenvalue weighted by molar-refractivity contribution is 5.95. The van der Waals surface area contributed by atoms with Gasteiger partial charge in [-0.3, -0.25) is 14.8 Å². The number of fused-ring (bicyclic) bond motifs is 1. The predicted octanol–water partition coefficient (Wildman–Crippen LogP) is 0.901. The number of guanidine groups is 1. The fourth-order valence-corrected chi connectivity index (χ4v) is 3.02. The van der Waals surface area contributed by atoms with Gasteiger partial charge in [0, 0.05) is 25.8 Å². The molecule has 0 saturated carbocycles. The minimum Gasteiger partial charge on any atom is -0.444 e. The largest absolute Gasteiger partial charge is 0.444 e. The molecule has 1 aromatic heterocycles. The van der Waals surface area contributed by atoms with Crippen molar-refractivity contribution in [3.8, 4) is 0 Å². The highest BCUT2D eigenvalue weighted by Crippen LogP contribution is 2.18. The molecule has 2 amide bonds. The molecule has 3 rings (SSSR count). The quantitative estimate of drug-likeness (QED) is 0.816. The Labute approximate surface area is 158 Å². The fraction of sp³-hybridized carbons (Fsp3) is 0.556. The fourth-order valence-electron chi connectivity index (χ4n) is 3.02. The van der Waals surface area contributed by atoms with Gasteiger partial charge in [-0.2, -0.15) is 0 Å². The number of carbonyl (C=O) groups is 2. The Bertz CT molecular complexity index is 716. The number of amides is 2. The van der Waals surface area contributed by atoms with Gasteiger partial charge in [-0.05, 0) is 32.9 Å². The second-order valence-electron chi connectivity index (χ2n) is 7.58. The molecule has 2 N–H and O–H groups in total. The summed E-state index contributed by atoms with van der Waals surface area (Å²) >= 11 is 0. The van der Waals surface area contributed by atoms with Crippen molar-refractivity contribution in [2.24, 2.45) is 4.99 Å². The van der Waals surface area contributed by atoms with Crippen molar-refractivity contribution in [2.45, 2.75) is 32.4 Å². The third-order valence-electron chi connectivity index (χ3n) is 4.21. The van der Waals surface area contributed by atoms with Crippen molar-refractivity contribution in [1.82, 2.24) is 20.1 Å². The number of aliphatic imine (C=N–C) groups is 1. The monoisotopic (exact) mass is 374 g/mol. The zero-order valence-electron chi connectivity index (χ0n) is 15.9. The lowest BCUT2D eigenvalue weighted by Gasteiger charge is -2.39. The number of nitrogens with zero attached hydrogens (tertiary/aromatic N) is 4. The Morgan fingerprint density at radius 1 is 1.33 bits per heavy atom. The van der Waals surface area contributed by atoms with E-state index in [0.717, 1.165) is 0 Å². The molecule has 27 heavy (non-hydrogen) atoms. The first-order valence-electron chi connectivity index (χ1n) is 9.04. The van der Waals surface area contributed by atoms with E-state index in [1.807, 2.05) is 20.8 Å². The van der Waals surface area contributed by atoms with Gasteiger partial charge in [-0.25, -0.2) is 4.79 Å². The maximum Gasteiger partial charge on any atom is 0.410 e. The van der Waals surface area contributed by atoms with Gasteiger partial charge in [-0.15, -0.1) is 0 Å². The van der Waals surface area contributed by atoms with Crippen LogP contribution in [-0.4, -0.2) is 77.1 Å². The highest BCUT2D eigenvalue weighted by atomic mass is 16.6. The maximum absolute atomic E-state index is 12.2. The normalized spacial score (nSPS) is 19.2. The first-order chi connectivity index (χ1) is 12.8. The van der Waals surface area contributed by atoms with E-state index in [0.29, 0.717) is 37.8 Å². The summed E-state index contributed by atoms with van der Waals surface area (Å²) in [6.45, 7) is 8.06. The van der Waals surface area contributed by atoms with Gasteiger partial charge in [-0.1, -0.05) is 0 Å². The number of piperazine rings is 1. The van der Waals surface area contributed by atoms with Crippen LogP contribution in [0.1, 0.15) is 20.8 Å². The van der Waals surface area contributed by atoms with Crippen LogP contribution in [0.2, 0.25) is 0 Å². The molecule has 0 aliphatic carbocycles. The Balaban J connectivity index is 1.46. The Morgan fingerprint density at radius 2 is 2.15 bits per heavy atom. The number of hydrogen-bond acceptors (Lipinski definition) is 7. The summed E-state index contributed by atoms with van der Waals surface area (Å²) in [5, 5.41) is 5.87. The van der Waals surface area contributed by atoms with Crippen LogP contribution in [0, 0.1) is 0 Å². The molecule has 0 aromatic carbocycles. The third kappa shape index (κ3) is 5.08. The summed E-state index contributed by atoms with van der Waals surface area (Å²) in [6.07, 6.45) is 2.95. The standard InChI is InChI=1S/C18H26N6O3/c1-18(2,3)27-17(26)23-7-8-24-14(12-23)10-20-16(24)21-11-15(25)22-13-5-4-6-19-9-13/h4-6,9,14H,7-8,10-12H2,1-3H3,(H,20,21)(H,22,25). The van der Waals surface area contributed by atoms with Crippen LogP contribution in [0.15, 0.2) is 29.5 Å². The van der Waals surface area contributed by atoms with Crippen molar-refractivity contribution in [3.05, 3.63) is 24.5 Å². The van der Waals surface area contributed by atoms with Crippen molar-refractivity contribution >= 4 is 23.6 Å². The van der Waals surface area contributed by atoms with Gasteiger partial charge in [0.2, 0.25) is 5.91 Å². The molecule has 2 aliphatic heterocycles. The van der Waals surface area contributed by atoms with Gasteiger partial charge in [0.05, 0.1) is 31.0 Å². The lowest BCUT2D eigenvalue weighted by atomic mass is 10.2. The Kier molecular flexibility index (Phi) is 5.48. The van der Waals surface area contributed by atoms with Crippen LogP contribution < -0.4 is 10.6 Å². The number of rotatable bonds is 3. The van der Waals surface area contributed by atoms with Crippen LogP contribution >= 0.6 is 0 Å². The minimum absolute atomic E-state index is 0.107. The molecule has 3 heterocycles. The topological polar surface area (TPSA) is 99.2 Å². The summed E-state index contributed by atoms with van der Waals surface area (Å²) in [7, 11) is 0. The van der Waals surface area contributed by atoms with E-state index in [2.05, 4.69) is 25.5 Å². The van der Waals surface area contributed by atoms with Crippen LogP contribution in [0.5, 0.6) is 0 Å². The number of nitrogens with one attached hydrogen (secondary N) is 2. The average molecular weight is 374 g/mol. The summed E-state index contributed by atoms with van der Waals surface area (Å²) in [4.78, 5) is 36.6. The lowest BCUT2D eigenvalue weighted by molar-refractivity contribution is -0.115. The number of ether oxygens (including phenoxy) is 1. The van der Waals surface area contributed by atoms with Crippen molar-refractivity contribution in [3.63, 3.8) is 0 Å². The van der Waals surface area contributed by atoms with Crippen LogP contribution in [0.4, 0.5) is 10.5 Å². The van der Waals surface area contributed by atoms with E-state index in [-0.39, 0.29) is 24.6 Å². The van der Waals surface area contributed by atoms with Crippen molar-refractivity contribution in [2.75, 3.05) is 38.0 Å². The summed E-state index contributed by atoms with van der Waals surface area (Å²) < 4.78 is 5.45. The summed E-state index contributed by atoms with van der Waals surface area (Å²) in [5.41, 5.74) is 0.149. The molecule has 1 unspecified atom stereocenters. The molecule has 9 heteroatoms. The van der Waals surface area contributed by atoms with E-state index in [9.17, 15) is 9.59 Å². The molecule has 2 aliphatic rings. The zero-order chi connectivity index (χ0) is 19.4. The smallest absolute Gasteiger partial charge is 0.410 e. The zero-order valence-corrected chi connectivity index (χ0v) is 15.9. The summed E-state index contributed by atoms with van der Waals surface area (Å²) in [6, 6.07) is 3.65. The molecule has 1 atom stereocenters. The third-order valence-corrected chi connectivity index (χ3v) is 4.21. The number of anilines is 1. The molecule has 0 radical (unpaired) electrons. The van der Waals surface area contributed by atoms with Crippen molar-refractivity contribution in [1.29, 1.82) is 0 Å². The van der Waals surface area contributed by atoms with Crippen LogP contribution in [-0.2, 0) is 9.53 Å². The number of hydrogen-bond donors (Lipinski definition) is 2. The van der Waals surface area contributed by atoms with Gasteiger partial charge in [0.25, 0.3) is 0 Å².